The van der Waals surface area contributed by atoms with Gasteiger partial charge in [-0.1, -0.05) is 0 Å². The zero-order valence-corrected chi connectivity index (χ0v) is 27.5. The van der Waals surface area contributed by atoms with E-state index in [0.717, 1.165) is 4.90 Å². The van der Waals surface area contributed by atoms with Crippen molar-refractivity contribution < 1.29 is 4.21 Å². The molecule has 0 aliphatic rings. The number of benzene rings is 2. The van der Waals surface area contributed by atoms with E-state index in [4.69, 9.17) is 0 Å². The molecule has 0 aromatic heterocycles. The molecule has 0 bridgehead atoms. The van der Waals surface area contributed by atoms with E-state index < -0.39 is 40.2 Å². The molecule has 0 N–H and O–H groups in total. The molecule has 0 aliphatic heterocycles. The van der Waals surface area contributed by atoms with Crippen LogP contribution in [0.1, 0.15) is 5.56 Å². The summed E-state index contributed by atoms with van der Waals surface area (Å²) in [5, 5.41) is 0. The van der Waals surface area contributed by atoms with Gasteiger partial charge in [0.15, 0.2) is 0 Å². The molecule has 1 atom stereocenters. The summed E-state index contributed by atoms with van der Waals surface area (Å²) in [6.07, 6.45) is 0. The number of hydrogen-bond donors (Lipinski definition) is 0. The third-order valence-electron chi connectivity index (χ3n) is 6.26. The van der Waals surface area contributed by atoms with Gasteiger partial charge in [-0.15, -0.1) is 0 Å². The van der Waals surface area contributed by atoms with Crippen molar-refractivity contribution >= 4 is 59.6 Å². The second-order valence-electron chi connectivity index (χ2n) is 11.5. The van der Waals surface area contributed by atoms with Gasteiger partial charge in [0.25, 0.3) is 0 Å². The summed E-state index contributed by atoms with van der Waals surface area (Å²) >= 11 is 0.0776. The maximum absolute atomic E-state index is 14.0. The fourth-order valence-corrected chi connectivity index (χ4v) is 109. The van der Waals surface area contributed by atoms with Crippen LogP contribution in [0.4, 0.5) is 0 Å². The third-order valence-corrected chi connectivity index (χ3v) is 82.2. The Bertz CT molecular complexity index is 901. The number of rotatable bonds is 8. The molecular weight excluding hydrogens is 528 g/mol. The summed E-state index contributed by atoms with van der Waals surface area (Å²) < 4.78 is 16.6. The molecule has 0 spiro atoms. The number of hydrogen-bond acceptors (Lipinski definition) is 1. The van der Waals surface area contributed by atoms with E-state index >= 15 is 0 Å². The van der Waals surface area contributed by atoms with Crippen LogP contribution in [0.3, 0.4) is 0 Å². The van der Waals surface area contributed by atoms with Crippen molar-refractivity contribution in [1.82, 2.24) is 0 Å². The van der Waals surface area contributed by atoms with Gasteiger partial charge in [-0.2, -0.15) is 0 Å². The van der Waals surface area contributed by atoms with Gasteiger partial charge in [0.05, 0.1) is 0 Å². The summed E-state index contributed by atoms with van der Waals surface area (Å²) in [7, 11) is -5.54. The van der Waals surface area contributed by atoms with Crippen LogP contribution >= 0.6 is 0 Å². The van der Waals surface area contributed by atoms with Gasteiger partial charge in [-0.05, 0) is 0 Å². The van der Waals surface area contributed by atoms with E-state index in [2.05, 4.69) is 126 Å². The van der Waals surface area contributed by atoms with Crippen molar-refractivity contribution in [2.45, 2.75) is 70.7 Å². The van der Waals surface area contributed by atoms with Crippen LogP contribution in [0.2, 0.25) is 58.9 Å². The Morgan fingerprint density at radius 2 is 1.19 bits per heavy atom. The van der Waals surface area contributed by atoms with E-state index in [1.807, 2.05) is 0 Å². The maximum atomic E-state index is 14.0. The van der Waals surface area contributed by atoms with Crippen molar-refractivity contribution in [2.24, 2.45) is 0 Å². The third kappa shape index (κ3) is 5.99. The van der Waals surface area contributed by atoms with Crippen LogP contribution in [0.15, 0.2) is 69.0 Å². The van der Waals surface area contributed by atoms with Gasteiger partial charge in [0.2, 0.25) is 0 Å². The average Bonchev–Trinajstić information content (AvgIpc) is 2.62. The van der Waals surface area contributed by atoms with Gasteiger partial charge in [-0.25, -0.2) is 0 Å². The summed E-state index contributed by atoms with van der Waals surface area (Å²) in [5.74, 6) is 0. The van der Waals surface area contributed by atoms with Gasteiger partial charge < -0.3 is 0 Å². The Morgan fingerprint density at radius 1 is 0.742 bits per heavy atom. The minimum absolute atomic E-state index is 0.0776. The molecule has 0 saturated carbocycles. The molecule has 2 rings (SSSR count). The first kappa shape index (κ1) is 27.0. The quantitative estimate of drug-likeness (QED) is 0.347. The van der Waals surface area contributed by atoms with Gasteiger partial charge in [-0.3, -0.25) is 0 Å². The molecule has 0 fully saturated rings. The summed E-state index contributed by atoms with van der Waals surface area (Å²) in [6, 6.07) is 19.1. The Morgan fingerprint density at radius 3 is 1.61 bits per heavy atom. The van der Waals surface area contributed by atoms with Crippen LogP contribution in [-0.4, -0.2) is 48.6 Å². The van der Waals surface area contributed by atoms with Crippen molar-refractivity contribution in [3.63, 3.8) is 0 Å². The monoisotopic (exact) mass is 568 g/mol. The van der Waals surface area contributed by atoms with Crippen LogP contribution in [0, 0.1) is 6.92 Å². The van der Waals surface area contributed by atoms with E-state index in [-0.39, 0.29) is 15.0 Å². The predicted molar refractivity (Wildman–Crippen MR) is 153 cm³/mol. The van der Waals surface area contributed by atoms with E-state index in [1.54, 1.807) is 0 Å². The molecule has 0 radical (unpaired) electrons. The van der Waals surface area contributed by atoms with Gasteiger partial charge >= 0.3 is 204 Å². The van der Waals surface area contributed by atoms with Crippen LogP contribution < -0.4 is 4.46 Å². The first-order valence-corrected chi connectivity index (χ1v) is 29.5. The molecule has 2 aromatic carbocycles. The number of aryl methyl sites for hydroxylation is 1. The molecule has 1 unspecified atom stereocenters. The predicted octanol–water partition coefficient (Wildman–Crippen LogP) is 6.21. The van der Waals surface area contributed by atoms with E-state index in [1.165, 1.54) is 13.8 Å². The molecule has 170 valence electrons. The zero-order chi connectivity index (χ0) is 23.7. The molecule has 0 saturated heterocycles. The molecule has 0 aliphatic carbocycles. The Kier molecular flexibility index (Phi) is 8.62. The normalized spacial score (nSPS) is 15.1. The molecule has 1 nitrogen and oxygen atoms in total. The topological polar surface area (TPSA) is 17.1 Å². The van der Waals surface area contributed by atoms with Gasteiger partial charge in [0, 0.05) is 0 Å². The van der Waals surface area contributed by atoms with Crippen LogP contribution in [0.5, 0.6) is 0 Å². The second kappa shape index (κ2) is 9.91. The molecule has 0 amide bonds. The van der Waals surface area contributed by atoms with Gasteiger partial charge in [0.1, 0.15) is 0 Å². The van der Waals surface area contributed by atoms with Crippen molar-refractivity contribution in [3.05, 3.63) is 69.7 Å². The van der Waals surface area contributed by atoms with E-state index in [0.29, 0.717) is 0 Å². The SMILES string of the molecule is Cc1ccc(S(=O)/C(=C\[Si]([Si](C)(C)C)([Si](C)(C)C)[Si](C)(C)C)[Se]c2ccccc2)cc1. The van der Waals surface area contributed by atoms with Crippen molar-refractivity contribution in [1.29, 1.82) is 0 Å². The van der Waals surface area contributed by atoms with Crippen molar-refractivity contribution in [2.75, 3.05) is 0 Å². The van der Waals surface area contributed by atoms with Crippen molar-refractivity contribution in [3.8, 4) is 0 Å². The average molecular weight is 568 g/mol. The zero-order valence-electron chi connectivity index (χ0n) is 21.0. The molecule has 2 aromatic rings. The minimum atomic E-state index is -1.75. The molecular formula is C24H40OSSeSi4. The molecule has 7 heteroatoms. The van der Waals surface area contributed by atoms with Crippen LogP contribution in [-0.2, 0) is 10.8 Å². The second-order valence-corrected chi connectivity index (χ2v) is 56.4. The Labute approximate surface area is 203 Å². The first-order chi connectivity index (χ1) is 14.1. The molecule has 31 heavy (non-hydrogen) atoms. The fourth-order valence-electron chi connectivity index (χ4n) is 5.70. The Balaban J connectivity index is 2.80. The fraction of sp³-hybridized carbons (Fsp3) is 0.417. The summed E-state index contributed by atoms with van der Waals surface area (Å²) in [6.45, 7) is 23.8. The summed E-state index contributed by atoms with van der Waals surface area (Å²) in [5.41, 5.74) is 3.97. The van der Waals surface area contributed by atoms with Crippen LogP contribution in [0.25, 0.3) is 0 Å². The molecule has 0 heterocycles. The first-order valence-electron chi connectivity index (χ1n) is 11.0. The standard InChI is InChI=1S/C24H40OSSeSi4/c1-21-16-18-22(19-17-21)26(25)24(27-23-14-12-11-13-15-23)20-31(28(2,3)4,29(5,6)7)30(8,9)10/h11-20H,1-10H3/b24-20+. The Hall–Kier alpha value is -0.283. The summed E-state index contributed by atoms with van der Waals surface area (Å²) in [4.78, 5) is 0.958. The van der Waals surface area contributed by atoms with E-state index in [9.17, 15) is 4.21 Å².